The van der Waals surface area contributed by atoms with E-state index in [0.29, 0.717) is 18.5 Å². The quantitative estimate of drug-likeness (QED) is 0.601. The number of hydrogen-bond donors (Lipinski definition) is 0. The highest BCUT2D eigenvalue weighted by Crippen LogP contribution is 2.31. The van der Waals surface area contributed by atoms with Crippen molar-refractivity contribution < 1.29 is 9.59 Å². The standard InChI is InChI=1S/C23H19NO2S/c25-22-20-8-1-2-9-21(20)23(26)24(22)13-4-7-17-5-3-6-18(15-17)10-11-19-12-14-27-16-19/h1-3,5-6,8,12,14-16,21H,4,7,9,13H2. The molecule has 0 saturated carbocycles. The van der Waals surface area contributed by atoms with Gasteiger partial charge < -0.3 is 0 Å². The number of fused-ring (bicyclic) bond motifs is 1. The van der Waals surface area contributed by atoms with Gasteiger partial charge in [0.25, 0.3) is 5.91 Å². The van der Waals surface area contributed by atoms with Gasteiger partial charge in [0.1, 0.15) is 0 Å². The first-order valence-electron chi connectivity index (χ1n) is 9.08. The first kappa shape index (κ1) is 17.5. The minimum Gasteiger partial charge on any atom is -0.278 e. The Labute approximate surface area is 163 Å². The van der Waals surface area contributed by atoms with Gasteiger partial charge in [-0.15, -0.1) is 0 Å². The van der Waals surface area contributed by atoms with E-state index in [0.717, 1.165) is 24.0 Å². The molecule has 134 valence electrons. The highest BCUT2D eigenvalue weighted by atomic mass is 32.1. The molecule has 4 heteroatoms. The summed E-state index contributed by atoms with van der Waals surface area (Å²) >= 11 is 1.64. The van der Waals surface area contributed by atoms with Crippen molar-refractivity contribution in [2.24, 2.45) is 5.92 Å². The maximum Gasteiger partial charge on any atom is 0.257 e. The molecule has 0 bridgehead atoms. The number of allylic oxidation sites excluding steroid dienone is 3. The summed E-state index contributed by atoms with van der Waals surface area (Å²) in [6.45, 7) is 0.469. The molecule has 0 radical (unpaired) electrons. The molecule has 1 aliphatic carbocycles. The van der Waals surface area contributed by atoms with E-state index in [1.165, 1.54) is 10.5 Å². The van der Waals surface area contributed by atoms with Crippen LogP contribution in [-0.4, -0.2) is 23.3 Å². The van der Waals surface area contributed by atoms with E-state index < -0.39 is 0 Å². The Morgan fingerprint density at radius 2 is 2.04 bits per heavy atom. The van der Waals surface area contributed by atoms with Crippen molar-refractivity contribution >= 4 is 23.2 Å². The third-order valence-corrected chi connectivity index (χ3v) is 5.55. The minimum atomic E-state index is -0.266. The first-order chi connectivity index (χ1) is 13.2. The van der Waals surface area contributed by atoms with Gasteiger partial charge in [0.2, 0.25) is 5.91 Å². The number of amides is 2. The molecule has 1 unspecified atom stereocenters. The molecule has 27 heavy (non-hydrogen) atoms. The number of carbonyl (C=O) groups excluding carboxylic acids is 2. The van der Waals surface area contributed by atoms with Crippen molar-refractivity contribution in [1.29, 1.82) is 0 Å². The normalized spacial score (nSPS) is 18.1. The fourth-order valence-corrected chi connectivity index (χ4v) is 4.05. The topological polar surface area (TPSA) is 37.4 Å². The Hall–Kier alpha value is -2.90. The SMILES string of the molecule is O=C1C2=CC=CCC2C(=O)N1CCCc1cccc(C#Cc2ccsc2)c1. The summed E-state index contributed by atoms with van der Waals surface area (Å²) in [5.74, 6) is 5.91. The van der Waals surface area contributed by atoms with Crippen LogP contribution in [0.3, 0.4) is 0 Å². The minimum absolute atomic E-state index is 0.0500. The van der Waals surface area contributed by atoms with E-state index in [2.05, 4.69) is 24.0 Å². The zero-order valence-corrected chi connectivity index (χ0v) is 15.7. The molecule has 1 aromatic carbocycles. The maximum atomic E-state index is 12.5. The van der Waals surface area contributed by atoms with Crippen LogP contribution < -0.4 is 0 Å². The van der Waals surface area contributed by atoms with E-state index in [4.69, 9.17) is 0 Å². The highest BCUT2D eigenvalue weighted by molar-refractivity contribution is 7.08. The number of aryl methyl sites for hydroxylation is 1. The van der Waals surface area contributed by atoms with Crippen LogP contribution in [0.25, 0.3) is 0 Å². The second kappa shape index (κ2) is 7.77. The number of carbonyl (C=O) groups is 2. The Morgan fingerprint density at radius 1 is 1.15 bits per heavy atom. The summed E-state index contributed by atoms with van der Waals surface area (Å²) in [5, 5.41) is 4.05. The van der Waals surface area contributed by atoms with Gasteiger partial charge in [0.05, 0.1) is 5.92 Å². The molecular weight excluding hydrogens is 354 g/mol. The molecular formula is C23H19NO2S. The number of imide groups is 1. The lowest BCUT2D eigenvalue weighted by molar-refractivity contribution is -0.139. The zero-order chi connectivity index (χ0) is 18.6. The summed E-state index contributed by atoms with van der Waals surface area (Å²) < 4.78 is 0. The van der Waals surface area contributed by atoms with Crippen molar-refractivity contribution in [3.05, 3.63) is 81.6 Å². The summed E-state index contributed by atoms with van der Waals surface area (Å²) in [5.41, 5.74) is 3.83. The number of thiophene rings is 1. The van der Waals surface area contributed by atoms with Gasteiger partial charge in [-0.05, 0) is 48.4 Å². The van der Waals surface area contributed by atoms with Gasteiger partial charge in [-0.2, -0.15) is 11.3 Å². The molecule has 4 rings (SSSR count). The molecule has 3 nitrogen and oxygen atoms in total. The van der Waals surface area contributed by atoms with Crippen molar-refractivity contribution in [1.82, 2.24) is 4.90 Å². The van der Waals surface area contributed by atoms with E-state index in [-0.39, 0.29) is 17.7 Å². The van der Waals surface area contributed by atoms with Crippen molar-refractivity contribution in [2.75, 3.05) is 6.54 Å². The molecule has 2 aromatic rings. The van der Waals surface area contributed by atoms with E-state index in [1.54, 1.807) is 17.4 Å². The van der Waals surface area contributed by atoms with Gasteiger partial charge in [-0.3, -0.25) is 14.5 Å². The molecule has 1 saturated heterocycles. The van der Waals surface area contributed by atoms with Gasteiger partial charge in [0.15, 0.2) is 0 Å². The smallest absolute Gasteiger partial charge is 0.257 e. The maximum absolute atomic E-state index is 12.5. The van der Waals surface area contributed by atoms with E-state index >= 15 is 0 Å². The van der Waals surface area contributed by atoms with Crippen LogP contribution in [-0.2, 0) is 16.0 Å². The van der Waals surface area contributed by atoms with Crippen LogP contribution in [0.2, 0.25) is 0 Å². The molecule has 2 aliphatic rings. The summed E-state index contributed by atoms with van der Waals surface area (Å²) in [7, 11) is 0. The Kier molecular flexibility index (Phi) is 5.04. The summed E-state index contributed by atoms with van der Waals surface area (Å²) in [6.07, 6.45) is 7.80. The van der Waals surface area contributed by atoms with Crippen molar-refractivity contribution in [2.45, 2.75) is 19.3 Å². The van der Waals surface area contributed by atoms with Crippen molar-refractivity contribution in [3.8, 4) is 11.8 Å². The molecule has 1 atom stereocenters. The van der Waals surface area contributed by atoms with Crippen LogP contribution in [0, 0.1) is 17.8 Å². The van der Waals surface area contributed by atoms with Crippen LogP contribution >= 0.6 is 11.3 Å². The number of likely N-dealkylation sites (tertiary alicyclic amines) is 1. The van der Waals surface area contributed by atoms with Gasteiger partial charge in [-0.1, -0.05) is 42.2 Å². The average molecular weight is 373 g/mol. The lowest BCUT2D eigenvalue weighted by Gasteiger charge is -2.14. The molecule has 1 aromatic heterocycles. The Bertz CT molecular complexity index is 989. The predicted octanol–water partition coefficient (Wildman–Crippen LogP) is 3.95. The van der Waals surface area contributed by atoms with Crippen LogP contribution in [0.4, 0.5) is 0 Å². The lowest BCUT2D eigenvalue weighted by Crippen LogP contribution is -2.31. The van der Waals surface area contributed by atoms with Crippen LogP contribution in [0.5, 0.6) is 0 Å². The third-order valence-electron chi connectivity index (χ3n) is 4.86. The first-order valence-corrected chi connectivity index (χ1v) is 10.0. The molecule has 2 heterocycles. The second-order valence-electron chi connectivity index (χ2n) is 6.70. The largest absolute Gasteiger partial charge is 0.278 e. The molecule has 0 spiro atoms. The number of nitrogens with zero attached hydrogens (tertiary/aromatic N) is 1. The monoisotopic (exact) mass is 373 g/mol. The van der Waals surface area contributed by atoms with E-state index in [1.807, 2.05) is 41.1 Å². The number of hydrogen-bond acceptors (Lipinski definition) is 3. The molecule has 1 fully saturated rings. The second-order valence-corrected chi connectivity index (χ2v) is 7.48. The van der Waals surface area contributed by atoms with E-state index in [9.17, 15) is 9.59 Å². The lowest BCUT2D eigenvalue weighted by atomic mass is 9.94. The van der Waals surface area contributed by atoms with Crippen LogP contribution in [0.1, 0.15) is 29.5 Å². The van der Waals surface area contributed by atoms with Crippen molar-refractivity contribution in [3.63, 3.8) is 0 Å². The van der Waals surface area contributed by atoms with Gasteiger partial charge >= 0.3 is 0 Å². The van der Waals surface area contributed by atoms with Gasteiger partial charge in [-0.25, -0.2) is 0 Å². The fraction of sp³-hybridized carbons (Fsp3) is 0.217. The fourth-order valence-electron chi connectivity index (χ4n) is 3.47. The highest BCUT2D eigenvalue weighted by Gasteiger charge is 2.42. The summed E-state index contributed by atoms with van der Waals surface area (Å²) in [6, 6.07) is 10.2. The molecule has 0 N–H and O–H groups in total. The predicted molar refractivity (Wildman–Crippen MR) is 107 cm³/mol. The average Bonchev–Trinajstić information content (AvgIpc) is 3.30. The molecule has 2 amide bonds. The Balaban J connectivity index is 1.36. The van der Waals surface area contributed by atoms with Crippen LogP contribution in [0.15, 0.2) is 64.9 Å². The number of benzene rings is 1. The number of rotatable bonds is 4. The third kappa shape index (κ3) is 3.79. The summed E-state index contributed by atoms with van der Waals surface area (Å²) in [4.78, 5) is 26.3. The zero-order valence-electron chi connectivity index (χ0n) is 14.9. The molecule has 1 aliphatic heterocycles. The Morgan fingerprint density at radius 3 is 2.85 bits per heavy atom. The van der Waals surface area contributed by atoms with Gasteiger partial charge in [0, 0.05) is 28.6 Å².